The fourth-order valence-corrected chi connectivity index (χ4v) is 1.85. The Bertz CT molecular complexity index is 572. The second kappa shape index (κ2) is 5.16. The summed E-state index contributed by atoms with van der Waals surface area (Å²) >= 11 is 5.72. The molecule has 1 N–H and O–H groups in total. The van der Waals surface area contributed by atoms with Crippen LogP contribution in [0.1, 0.15) is 17.2 Å². The molecule has 0 aliphatic heterocycles. The number of hydrogen-bond donors (Lipinski definition) is 1. The van der Waals surface area contributed by atoms with E-state index >= 15 is 0 Å². The molecule has 4 nitrogen and oxygen atoms in total. The van der Waals surface area contributed by atoms with Gasteiger partial charge in [-0.1, -0.05) is 48.0 Å². The quantitative estimate of drug-likeness (QED) is 0.682. The highest BCUT2D eigenvalue weighted by Gasteiger charge is 2.17. The van der Waals surface area contributed by atoms with Crippen molar-refractivity contribution in [2.75, 3.05) is 0 Å². The minimum Gasteiger partial charge on any atom is -0.384 e. The molecule has 18 heavy (non-hydrogen) atoms. The highest BCUT2D eigenvalue weighted by molar-refractivity contribution is 6.32. The Kier molecular flexibility index (Phi) is 3.60. The molecule has 1 atom stereocenters. The summed E-state index contributed by atoms with van der Waals surface area (Å²) in [6, 6.07) is 13.2. The second-order valence-corrected chi connectivity index (χ2v) is 4.19. The molecular weight excluding hydrogens is 254 g/mol. The van der Waals surface area contributed by atoms with Gasteiger partial charge in [-0.2, -0.15) is 0 Å². The summed E-state index contributed by atoms with van der Waals surface area (Å²) in [7, 11) is 0. The minimum atomic E-state index is -0.901. The van der Waals surface area contributed by atoms with Crippen LogP contribution in [0.25, 0.3) is 0 Å². The molecular formula is C13H10ClNO3. The maximum absolute atomic E-state index is 10.8. The normalized spacial score (nSPS) is 12.1. The second-order valence-electron chi connectivity index (χ2n) is 3.78. The van der Waals surface area contributed by atoms with Crippen LogP contribution >= 0.6 is 11.6 Å². The van der Waals surface area contributed by atoms with Crippen LogP contribution in [-0.2, 0) is 0 Å². The predicted molar refractivity (Wildman–Crippen MR) is 68.6 cm³/mol. The SMILES string of the molecule is O=[N+]([O-])c1cc(C(O)c2ccccc2)ccc1Cl. The van der Waals surface area contributed by atoms with E-state index in [0.717, 1.165) is 0 Å². The molecule has 0 bridgehead atoms. The molecule has 0 aliphatic carbocycles. The summed E-state index contributed by atoms with van der Waals surface area (Å²) in [6.07, 6.45) is -0.901. The number of benzene rings is 2. The van der Waals surface area contributed by atoms with Crippen LogP contribution < -0.4 is 0 Å². The molecule has 2 aromatic carbocycles. The molecule has 0 radical (unpaired) electrons. The Morgan fingerprint density at radius 2 is 1.78 bits per heavy atom. The molecule has 92 valence electrons. The zero-order valence-corrected chi connectivity index (χ0v) is 10.0. The Labute approximate surface area is 109 Å². The fourth-order valence-electron chi connectivity index (χ4n) is 1.67. The monoisotopic (exact) mass is 263 g/mol. The summed E-state index contributed by atoms with van der Waals surface area (Å²) in [5.41, 5.74) is 0.913. The standard InChI is InChI=1S/C13H10ClNO3/c14-11-7-6-10(8-12(11)15(17)18)13(16)9-4-2-1-3-5-9/h1-8,13,16H. The van der Waals surface area contributed by atoms with Crippen LogP contribution in [0.15, 0.2) is 48.5 Å². The van der Waals surface area contributed by atoms with Crippen LogP contribution in [0.3, 0.4) is 0 Å². The highest BCUT2D eigenvalue weighted by Crippen LogP contribution is 2.30. The first-order valence-corrected chi connectivity index (χ1v) is 5.64. The van der Waals surface area contributed by atoms with Crippen LogP contribution in [-0.4, -0.2) is 10.0 Å². The van der Waals surface area contributed by atoms with Gasteiger partial charge in [0.25, 0.3) is 5.69 Å². The van der Waals surface area contributed by atoms with Crippen LogP contribution in [0.2, 0.25) is 5.02 Å². The lowest BCUT2D eigenvalue weighted by Crippen LogP contribution is -2.00. The third kappa shape index (κ3) is 2.50. The van der Waals surface area contributed by atoms with E-state index in [0.29, 0.717) is 11.1 Å². The third-order valence-corrected chi connectivity index (χ3v) is 2.92. The smallest absolute Gasteiger partial charge is 0.288 e. The lowest BCUT2D eigenvalue weighted by Gasteiger charge is -2.11. The van der Waals surface area contributed by atoms with Crippen molar-refractivity contribution in [2.24, 2.45) is 0 Å². The molecule has 0 heterocycles. The van der Waals surface area contributed by atoms with Crippen molar-refractivity contribution >= 4 is 17.3 Å². The van der Waals surface area contributed by atoms with E-state index in [2.05, 4.69) is 0 Å². The van der Waals surface area contributed by atoms with Crippen molar-refractivity contribution in [3.05, 3.63) is 74.8 Å². The van der Waals surface area contributed by atoms with Crippen LogP contribution in [0.4, 0.5) is 5.69 Å². The minimum absolute atomic E-state index is 0.0593. The van der Waals surface area contributed by atoms with Crippen molar-refractivity contribution in [3.63, 3.8) is 0 Å². The lowest BCUT2D eigenvalue weighted by atomic mass is 10.0. The molecule has 0 spiro atoms. The number of halogens is 1. The largest absolute Gasteiger partial charge is 0.384 e. The summed E-state index contributed by atoms with van der Waals surface area (Å²) in [4.78, 5) is 10.2. The van der Waals surface area contributed by atoms with E-state index < -0.39 is 11.0 Å². The van der Waals surface area contributed by atoms with Crippen LogP contribution in [0, 0.1) is 10.1 Å². The maximum atomic E-state index is 10.8. The van der Waals surface area contributed by atoms with Crippen LogP contribution in [0.5, 0.6) is 0 Å². The first-order chi connectivity index (χ1) is 8.59. The molecule has 2 aromatic rings. The van der Waals surface area contributed by atoms with Gasteiger partial charge in [0.1, 0.15) is 11.1 Å². The molecule has 0 fully saturated rings. The summed E-state index contributed by atoms with van der Waals surface area (Å²) in [6.45, 7) is 0. The van der Waals surface area contributed by atoms with E-state index in [-0.39, 0.29) is 10.7 Å². The van der Waals surface area contributed by atoms with Gasteiger partial charge in [-0.25, -0.2) is 0 Å². The fraction of sp³-hybridized carbons (Fsp3) is 0.0769. The van der Waals surface area contributed by atoms with Crippen molar-refractivity contribution in [1.29, 1.82) is 0 Å². The van der Waals surface area contributed by atoms with E-state index in [4.69, 9.17) is 11.6 Å². The van der Waals surface area contributed by atoms with Crippen molar-refractivity contribution < 1.29 is 10.0 Å². The predicted octanol–water partition coefficient (Wildman–Crippen LogP) is 3.33. The van der Waals surface area contributed by atoms with Crippen molar-refractivity contribution in [2.45, 2.75) is 6.10 Å². The lowest BCUT2D eigenvalue weighted by molar-refractivity contribution is -0.384. The topological polar surface area (TPSA) is 63.4 Å². The van der Waals surface area contributed by atoms with E-state index in [1.807, 2.05) is 6.07 Å². The zero-order chi connectivity index (χ0) is 13.1. The van der Waals surface area contributed by atoms with Gasteiger partial charge in [-0.3, -0.25) is 10.1 Å². The first-order valence-electron chi connectivity index (χ1n) is 5.26. The Morgan fingerprint density at radius 3 is 2.39 bits per heavy atom. The average molecular weight is 264 g/mol. The molecule has 0 amide bonds. The Morgan fingerprint density at radius 1 is 1.11 bits per heavy atom. The van der Waals surface area contributed by atoms with Gasteiger partial charge in [-0.15, -0.1) is 0 Å². The van der Waals surface area contributed by atoms with E-state index in [9.17, 15) is 15.2 Å². The van der Waals surface area contributed by atoms with E-state index in [1.54, 1.807) is 30.3 Å². The highest BCUT2D eigenvalue weighted by atomic mass is 35.5. The Hall–Kier alpha value is -1.91. The van der Waals surface area contributed by atoms with Crippen molar-refractivity contribution in [3.8, 4) is 0 Å². The summed E-state index contributed by atoms with van der Waals surface area (Å²) in [5, 5.41) is 21.0. The van der Waals surface area contributed by atoms with Gasteiger partial charge >= 0.3 is 0 Å². The molecule has 1 unspecified atom stereocenters. The van der Waals surface area contributed by atoms with Gasteiger partial charge in [-0.05, 0) is 17.2 Å². The summed E-state index contributed by atoms with van der Waals surface area (Å²) < 4.78 is 0. The Balaban J connectivity index is 2.40. The number of nitro benzene ring substituents is 1. The molecule has 5 heteroatoms. The number of nitro groups is 1. The first kappa shape index (κ1) is 12.5. The molecule has 0 aromatic heterocycles. The van der Waals surface area contributed by atoms with Gasteiger partial charge in [0.2, 0.25) is 0 Å². The molecule has 0 saturated carbocycles. The molecule has 0 saturated heterocycles. The van der Waals surface area contributed by atoms with Gasteiger partial charge in [0.15, 0.2) is 0 Å². The summed E-state index contributed by atoms with van der Waals surface area (Å²) in [5.74, 6) is 0. The number of nitrogens with zero attached hydrogens (tertiary/aromatic N) is 1. The van der Waals surface area contributed by atoms with Gasteiger partial charge in [0.05, 0.1) is 4.92 Å². The number of rotatable bonds is 3. The van der Waals surface area contributed by atoms with Crippen molar-refractivity contribution in [1.82, 2.24) is 0 Å². The third-order valence-electron chi connectivity index (χ3n) is 2.60. The number of aliphatic hydroxyl groups excluding tert-OH is 1. The van der Waals surface area contributed by atoms with Gasteiger partial charge < -0.3 is 5.11 Å². The average Bonchev–Trinajstić information content (AvgIpc) is 2.39. The molecule has 0 aliphatic rings. The number of aliphatic hydroxyl groups is 1. The molecule has 2 rings (SSSR count). The van der Waals surface area contributed by atoms with E-state index in [1.165, 1.54) is 12.1 Å². The maximum Gasteiger partial charge on any atom is 0.288 e. The zero-order valence-electron chi connectivity index (χ0n) is 9.29. The number of hydrogen-bond acceptors (Lipinski definition) is 3. The van der Waals surface area contributed by atoms with Gasteiger partial charge in [0, 0.05) is 6.07 Å².